The van der Waals surface area contributed by atoms with Crippen LogP contribution in [0.2, 0.25) is 0 Å². The molecule has 3 heteroatoms. The van der Waals surface area contributed by atoms with Crippen molar-refractivity contribution in [1.82, 2.24) is 0 Å². The second kappa shape index (κ2) is 9.09. The third kappa shape index (κ3) is 8.81. The number of hydrogen-bond acceptors (Lipinski definition) is 3. The molecule has 0 aliphatic carbocycles. The highest BCUT2D eigenvalue weighted by Gasteiger charge is 1.90. The standard InChI is InChI=1S/C14H19N3/c1-5-7-8-9-14(6-2)17-16-13(4)11-10-12(3)15/h5-8,10-11H,1,3-4,9,15H2,2H3/b8-7?,11-10-,14-6+,17-16?. The SMILES string of the molecule is C=CC=CC/C(=C\C)N=NC(=C)/C=C\C(=C)N. The van der Waals surface area contributed by atoms with Gasteiger partial charge in [0.2, 0.25) is 0 Å². The van der Waals surface area contributed by atoms with Gasteiger partial charge in [0.15, 0.2) is 0 Å². The number of azo groups is 1. The zero-order valence-corrected chi connectivity index (χ0v) is 10.3. The van der Waals surface area contributed by atoms with E-state index in [-0.39, 0.29) is 0 Å². The summed E-state index contributed by atoms with van der Waals surface area (Å²) in [5.41, 5.74) is 7.24. The molecule has 0 spiro atoms. The Morgan fingerprint density at radius 3 is 2.47 bits per heavy atom. The van der Waals surface area contributed by atoms with E-state index in [1.165, 1.54) is 0 Å². The number of nitrogens with two attached hydrogens (primary N) is 1. The molecule has 0 bridgehead atoms. The molecule has 0 saturated heterocycles. The molecule has 0 saturated carbocycles. The van der Waals surface area contributed by atoms with E-state index in [9.17, 15) is 0 Å². The number of rotatable bonds is 7. The summed E-state index contributed by atoms with van der Waals surface area (Å²) >= 11 is 0. The molecule has 0 fully saturated rings. The molecule has 0 unspecified atom stereocenters. The van der Waals surface area contributed by atoms with E-state index in [2.05, 4.69) is 30.0 Å². The number of hydrogen-bond donors (Lipinski definition) is 1. The maximum atomic E-state index is 5.38. The fourth-order valence-corrected chi connectivity index (χ4v) is 0.866. The minimum atomic E-state index is 0.460. The Morgan fingerprint density at radius 1 is 1.24 bits per heavy atom. The number of nitrogens with zero attached hydrogens (tertiary/aromatic N) is 2. The topological polar surface area (TPSA) is 50.7 Å². The second-order valence-electron chi connectivity index (χ2n) is 3.25. The van der Waals surface area contributed by atoms with Gasteiger partial charge in [0.1, 0.15) is 0 Å². The van der Waals surface area contributed by atoms with Gasteiger partial charge in [-0.15, -0.1) is 0 Å². The maximum absolute atomic E-state index is 5.38. The lowest BCUT2D eigenvalue weighted by Crippen LogP contribution is -1.88. The minimum absolute atomic E-state index is 0.460. The van der Waals surface area contributed by atoms with Gasteiger partial charge in [-0.25, -0.2) is 0 Å². The summed E-state index contributed by atoms with van der Waals surface area (Å²) in [5, 5.41) is 8.04. The fourth-order valence-electron chi connectivity index (χ4n) is 0.866. The molecule has 3 nitrogen and oxygen atoms in total. The molecule has 0 atom stereocenters. The predicted molar refractivity (Wildman–Crippen MR) is 74.2 cm³/mol. The molecule has 17 heavy (non-hydrogen) atoms. The second-order valence-corrected chi connectivity index (χ2v) is 3.25. The Labute approximate surface area is 103 Å². The van der Waals surface area contributed by atoms with Crippen LogP contribution in [-0.4, -0.2) is 0 Å². The average Bonchev–Trinajstić information content (AvgIpc) is 2.31. The lowest BCUT2D eigenvalue weighted by molar-refractivity contribution is 1.03. The van der Waals surface area contributed by atoms with Crippen molar-refractivity contribution in [2.75, 3.05) is 0 Å². The molecule has 0 aromatic rings. The quantitative estimate of drug-likeness (QED) is 0.520. The summed E-state index contributed by atoms with van der Waals surface area (Å²) in [4.78, 5) is 0. The Hall–Kier alpha value is -2.16. The Bertz CT molecular complexity index is 396. The Kier molecular flexibility index (Phi) is 7.94. The first kappa shape index (κ1) is 14.8. The molecular formula is C14H19N3. The predicted octanol–water partition coefficient (Wildman–Crippen LogP) is 4.02. The molecule has 0 aromatic heterocycles. The third-order valence-corrected chi connectivity index (χ3v) is 1.73. The van der Waals surface area contributed by atoms with Gasteiger partial charge in [-0.1, -0.05) is 44.0 Å². The van der Waals surface area contributed by atoms with E-state index in [0.29, 0.717) is 17.8 Å². The summed E-state index contributed by atoms with van der Waals surface area (Å²) in [6.07, 6.45) is 11.5. The summed E-state index contributed by atoms with van der Waals surface area (Å²) < 4.78 is 0. The van der Waals surface area contributed by atoms with Gasteiger partial charge >= 0.3 is 0 Å². The Balaban J connectivity index is 4.38. The van der Waals surface area contributed by atoms with Crippen molar-refractivity contribution in [2.45, 2.75) is 13.3 Å². The monoisotopic (exact) mass is 229 g/mol. The van der Waals surface area contributed by atoms with Crippen LogP contribution < -0.4 is 5.73 Å². The molecule has 0 aromatic carbocycles. The molecule has 0 rings (SSSR count). The van der Waals surface area contributed by atoms with E-state index < -0.39 is 0 Å². The smallest absolute Gasteiger partial charge is 0.0786 e. The Morgan fingerprint density at radius 2 is 1.94 bits per heavy atom. The maximum Gasteiger partial charge on any atom is 0.0786 e. The fraction of sp³-hybridized carbons (Fsp3) is 0.143. The summed E-state index contributed by atoms with van der Waals surface area (Å²) in [7, 11) is 0. The van der Waals surface area contributed by atoms with Crippen molar-refractivity contribution < 1.29 is 0 Å². The van der Waals surface area contributed by atoms with Gasteiger partial charge in [0.25, 0.3) is 0 Å². The van der Waals surface area contributed by atoms with Crippen LogP contribution in [0.5, 0.6) is 0 Å². The van der Waals surface area contributed by atoms with Crippen molar-refractivity contribution in [3.63, 3.8) is 0 Å². The normalized spacial score (nSPS) is 12.6. The van der Waals surface area contributed by atoms with Crippen molar-refractivity contribution in [3.05, 3.63) is 73.3 Å². The van der Waals surface area contributed by atoms with E-state index in [1.807, 2.05) is 25.2 Å². The van der Waals surface area contributed by atoms with Gasteiger partial charge in [-0.3, -0.25) is 0 Å². The van der Waals surface area contributed by atoms with Gasteiger partial charge in [-0.2, -0.15) is 10.2 Å². The first-order chi connectivity index (χ1) is 8.10. The van der Waals surface area contributed by atoms with Crippen LogP contribution in [-0.2, 0) is 0 Å². The number of allylic oxidation sites excluding steroid dienone is 6. The largest absolute Gasteiger partial charge is 0.399 e. The summed E-state index contributed by atoms with van der Waals surface area (Å²) in [5.74, 6) is 0. The molecule has 0 radical (unpaired) electrons. The van der Waals surface area contributed by atoms with Crippen molar-refractivity contribution >= 4 is 0 Å². The van der Waals surface area contributed by atoms with E-state index in [0.717, 1.165) is 5.70 Å². The molecule has 2 N–H and O–H groups in total. The van der Waals surface area contributed by atoms with Crippen molar-refractivity contribution in [1.29, 1.82) is 0 Å². The summed E-state index contributed by atoms with van der Waals surface area (Å²) in [6, 6.07) is 0. The first-order valence-corrected chi connectivity index (χ1v) is 5.26. The zero-order valence-electron chi connectivity index (χ0n) is 10.3. The highest BCUT2D eigenvalue weighted by molar-refractivity contribution is 5.21. The van der Waals surface area contributed by atoms with E-state index in [1.54, 1.807) is 18.2 Å². The van der Waals surface area contributed by atoms with Crippen LogP contribution in [0.15, 0.2) is 83.5 Å². The van der Waals surface area contributed by atoms with Gasteiger partial charge in [-0.05, 0) is 19.1 Å². The molecule has 0 aliphatic heterocycles. The van der Waals surface area contributed by atoms with Crippen molar-refractivity contribution in [3.8, 4) is 0 Å². The molecule has 0 amide bonds. The van der Waals surface area contributed by atoms with E-state index >= 15 is 0 Å². The van der Waals surface area contributed by atoms with Crippen LogP contribution in [0.4, 0.5) is 0 Å². The highest BCUT2D eigenvalue weighted by atomic mass is 15.1. The van der Waals surface area contributed by atoms with Crippen molar-refractivity contribution in [2.24, 2.45) is 16.0 Å². The third-order valence-electron chi connectivity index (χ3n) is 1.73. The van der Waals surface area contributed by atoms with Crippen LogP contribution in [0.1, 0.15) is 13.3 Å². The zero-order chi connectivity index (χ0) is 13.1. The van der Waals surface area contributed by atoms with Crippen LogP contribution >= 0.6 is 0 Å². The molecule has 90 valence electrons. The minimum Gasteiger partial charge on any atom is -0.399 e. The lowest BCUT2D eigenvalue weighted by Gasteiger charge is -1.94. The van der Waals surface area contributed by atoms with E-state index in [4.69, 9.17) is 5.73 Å². The highest BCUT2D eigenvalue weighted by Crippen LogP contribution is 2.08. The van der Waals surface area contributed by atoms with Gasteiger partial charge in [0.05, 0.1) is 11.4 Å². The van der Waals surface area contributed by atoms with Gasteiger partial charge < -0.3 is 5.73 Å². The molecule has 0 heterocycles. The molecular weight excluding hydrogens is 210 g/mol. The molecule has 0 aliphatic rings. The van der Waals surface area contributed by atoms with Crippen LogP contribution in [0, 0.1) is 0 Å². The van der Waals surface area contributed by atoms with Crippen LogP contribution in [0.3, 0.4) is 0 Å². The lowest BCUT2D eigenvalue weighted by atomic mass is 10.3. The summed E-state index contributed by atoms with van der Waals surface area (Å²) in [6.45, 7) is 12.8. The van der Waals surface area contributed by atoms with Crippen LogP contribution in [0.25, 0.3) is 0 Å². The first-order valence-electron chi connectivity index (χ1n) is 5.26. The van der Waals surface area contributed by atoms with Gasteiger partial charge in [0, 0.05) is 12.1 Å². The average molecular weight is 229 g/mol.